The predicted octanol–water partition coefficient (Wildman–Crippen LogP) is 1.82. The maximum absolute atomic E-state index is 12.8. The minimum atomic E-state index is -0.875. The molecule has 2 atom stereocenters. The molecule has 126 valence electrons. The van der Waals surface area contributed by atoms with Crippen molar-refractivity contribution in [3.8, 4) is 11.4 Å². The number of para-hydroxylation sites is 1. The lowest BCUT2D eigenvalue weighted by atomic mass is 10.0. The van der Waals surface area contributed by atoms with Crippen LogP contribution in [0.3, 0.4) is 0 Å². The van der Waals surface area contributed by atoms with E-state index < -0.39 is 11.9 Å². The van der Waals surface area contributed by atoms with E-state index in [0.717, 1.165) is 5.69 Å². The van der Waals surface area contributed by atoms with Crippen LogP contribution < -0.4 is 4.74 Å². The summed E-state index contributed by atoms with van der Waals surface area (Å²) in [6, 6.07) is 9.03. The number of benzene rings is 1. The topological polar surface area (TPSA) is 84.7 Å². The van der Waals surface area contributed by atoms with E-state index in [1.807, 2.05) is 30.3 Å². The van der Waals surface area contributed by atoms with Crippen LogP contribution in [0.25, 0.3) is 5.69 Å². The number of nitrogens with zero attached hydrogens (tertiary/aromatic N) is 3. The molecule has 24 heavy (non-hydrogen) atoms. The highest BCUT2D eigenvalue weighted by molar-refractivity contribution is 5.95. The summed E-state index contributed by atoms with van der Waals surface area (Å²) in [7, 11) is 1.48. The molecular weight excluding hydrogens is 310 g/mol. The normalized spacial score (nSPS) is 20.2. The van der Waals surface area contributed by atoms with Gasteiger partial charge in [-0.15, -0.1) is 0 Å². The van der Waals surface area contributed by atoms with Gasteiger partial charge in [-0.25, -0.2) is 4.68 Å². The third kappa shape index (κ3) is 2.73. The van der Waals surface area contributed by atoms with Crippen molar-refractivity contribution < 1.29 is 19.4 Å². The number of aliphatic carboxylic acids is 1. The molecule has 1 amide bonds. The summed E-state index contributed by atoms with van der Waals surface area (Å²) in [4.78, 5) is 25.6. The van der Waals surface area contributed by atoms with Gasteiger partial charge in [0.05, 0.1) is 24.9 Å². The van der Waals surface area contributed by atoms with Crippen molar-refractivity contribution in [2.75, 3.05) is 13.7 Å². The van der Waals surface area contributed by atoms with Crippen LogP contribution in [0.15, 0.2) is 36.5 Å². The molecule has 1 N–H and O–H groups in total. The molecule has 1 aromatic carbocycles. The SMILES string of the molecule is COc1cn(-c2ccccc2)nc1C(=O)N1CCC(C(=O)O)C1C. The molecule has 7 heteroatoms. The average molecular weight is 329 g/mol. The van der Waals surface area contributed by atoms with E-state index in [-0.39, 0.29) is 17.6 Å². The molecule has 1 fully saturated rings. The van der Waals surface area contributed by atoms with E-state index in [4.69, 9.17) is 4.74 Å². The van der Waals surface area contributed by atoms with Gasteiger partial charge in [0.1, 0.15) is 0 Å². The largest absolute Gasteiger partial charge is 0.493 e. The Morgan fingerprint density at radius 2 is 2.00 bits per heavy atom. The lowest BCUT2D eigenvalue weighted by Gasteiger charge is -2.22. The predicted molar refractivity (Wildman–Crippen MR) is 86.4 cm³/mol. The fraction of sp³-hybridized carbons (Fsp3) is 0.353. The average Bonchev–Trinajstić information content (AvgIpc) is 3.18. The first-order chi connectivity index (χ1) is 11.5. The molecule has 1 aliphatic heterocycles. The number of rotatable bonds is 4. The summed E-state index contributed by atoms with van der Waals surface area (Å²) in [6.07, 6.45) is 2.10. The second kappa shape index (κ2) is 6.35. The summed E-state index contributed by atoms with van der Waals surface area (Å²) < 4.78 is 6.88. The molecule has 2 heterocycles. The maximum Gasteiger partial charge on any atom is 0.308 e. The Morgan fingerprint density at radius 1 is 1.29 bits per heavy atom. The Balaban J connectivity index is 1.90. The van der Waals surface area contributed by atoms with Gasteiger partial charge in [-0.1, -0.05) is 18.2 Å². The monoisotopic (exact) mass is 329 g/mol. The van der Waals surface area contributed by atoms with Gasteiger partial charge in [0, 0.05) is 12.6 Å². The summed E-state index contributed by atoms with van der Waals surface area (Å²) in [6.45, 7) is 2.16. The number of aromatic nitrogens is 2. The second-order valence-corrected chi connectivity index (χ2v) is 5.80. The van der Waals surface area contributed by atoms with Crippen LogP contribution in [0.5, 0.6) is 5.75 Å². The molecule has 0 bridgehead atoms. The van der Waals surface area contributed by atoms with Gasteiger partial charge in [0.25, 0.3) is 5.91 Å². The van der Waals surface area contributed by atoms with E-state index in [1.54, 1.807) is 22.7 Å². The number of carbonyl (C=O) groups is 2. The Kier molecular flexibility index (Phi) is 4.24. The Bertz CT molecular complexity index is 756. The summed E-state index contributed by atoms with van der Waals surface area (Å²) in [5.74, 6) is -1.36. The highest BCUT2D eigenvalue weighted by Gasteiger charge is 2.39. The maximum atomic E-state index is 12.8. The van der Waals surface area contributed by atoms with Gasteiger partial charge < -0.3 is 14.7 Å². The first kappa shape index (κ1) is 16.0. The van der Waals surface area contributed by atoms with Crippen molar-refractivity contribution in [1.29, 1.82) is 0 Å². The van der Waals surface area contributed by atoms with Gasteiger partial charge >= 0.3 is 5.97 Å². The Labute approximate surface area is 139 Å². The smallest absolute Gasteiger partial charge is 0.308 e. The number of amides is 1. The lowest BCUT2D eigenvalue weighted by Crippen LogP contribution is -2.38. The van der Waals surface area contributed by atoms with Crippen LogP contribution in [-0.4, -0.2) is 51.4 Å². The number of hydrogen-bond donors (Lipinski definition) is 1. The second-order valence-electron chi connectivity index (χ2n) is 5.80. The summed E-state index contributed by atoms with van der Waals surface area (Å²) in [5.41, 5.74) is 1.01. The molecule has 1 aromatic heterocycles. The highest BCUT2D eigenvalue weighted by atomic mass is 16.5. The first-order valence-electron chi connectivity index (χ1n) is 7.75. The summed E-state index contributed by atoms with van der Waals surface area (Å²) in [5, 5.41) is 13.6. The van der Waals surface area contributed by atoms with Gasteiger partial charge in [0.15, 0.2) is 11.4 Å². The van der Waals surface area contributed by atoms with E-state index in [9.17, 15) is 14.7 Å². The zero-order chi connectivity index (χ0) is 17.3. The molecule has 0 radical (unpaired) electrons. The molecule has 0 spiro atoms. The quantitative estimate of drug-likeness (QED) is 0.925. The molecule has 1 saturated heterocycles. The van der Waals surface area contributed by atoms with E-state index in [0.29, 0.717) is 18.7 Å². The van der Waals surface area contributed by atoms with Crippen LogP contribution in [-0.2, 0) is 4.79 Å². The van der Waals surface area contributed by atoms with Crippen molar-refractivity contribution in [3.05, 3.63) is 42.2 Å². The molecule has 7 nitrogen and oxygen atoms in total. The molecule has 1 aliphatic rings. The number of carbonyl (C=O) groups excluding carboxylic acids is 1. The Morgan fingerprint density at radius 3 is 2.58 bits per heavy atom. The number of ether oxygens (including phenoxy) is 1. The fourth-order valence-corrected chi connectivity index (χ4v) is 3.06. The van der Waals surface area contributed by atoms with Gasteiger partial charge in [-0.05, 0) is 25.5 Å². The Hall–Kier alpha value is -2.83. The van der Waals surface area contributed by atoms with E-state index >= 15 is 0 Å². The lowest BCUT2D eigenvalue weighted by molar-refractivity contribution is -0.142. The van der Waals surface area contributed by atoms with E-state index in [1.165, 1.54) is 7.11 Å². The van der Waals surface area contributed by atoms with Gasteiger partial charge in [-0.2, -0.15) is 5.10 Å². The molecular formula is C17H19N3O4. The molecule has 0 saturated carbocycles. The minimum Gasteiger partial charge on any atom is -0.493 e. The standard InChI is InChI=1S/C17H19N3O4/c1-11-13(17(22)23)8-9-19(11)16(21)15-14(24-2)10-20(18-15)12-6-4-3-5-7-12/h3-7,10-11,13H,8-9H2,1-2H3,(H,22,23). The molecule has 0 aliphatic carbocycles. The number of carboxylic acids is 1. The van der Waals surface area contributed by atoms with Crippen molar-refractivity contribution in [2.24, 2.45) is 5.92 Å². The van der Waals surface area contributed by atoms with Crippen molar-refractivity contribution >= 4 is 11.9 Å². The zero-order valence-electron chi connectivity index (χ0n) is 13.5. The number of hydrogen-bond acceptors (Lipinski definition) is 4. The molecule has 2 aromatic rings. The van der Waals surface area contributed by atoms with Crippen LogP contribution in [0.1, 0.15) is 23.8 Å². The van der Waals surface area contributed by atoms with E-state index in [2.05, 4.69) is 5.10 Å². The van der Waals surface area contributed by atoms with Crippen molar-refractivity contribution in [3.63, 3.8) is 0 Å². The third-order valence-electron chi connectivity index (χ3n) is 4.46. The van der Waals surface area contributed by atoms with Crippen molar-refractivity contribution in [1.82, 2.24) is 14.7 Å². The van der Waals surface area contributed by atoms with Crippen LogP contribution in [0.2, 0.25) is 0 Å². The third-order valence-corrected chi connectivity index (χ3v) is 4.46. The zero-order valence-corrected chi connectivity index (χ0v) is 13.5. The van der Waals surface area contributed by atoms with Gasteiger partial charge in [0.2, 0.25) is 0 Å². The summed E-state index contributed by atoms with van der Waals surface area (Å²) >= 11 is 0. The number of likely N-dealkylation sites (tertiary alicyclic amines) is 1. The number of methoxy groups -OCH3 is 1. The molecule has 2 unspecified atom stereocenters. The highest BCUT2D eigenvalue weighted by Crippen LogP contribution is 2.28. The van der Waals surface area contributed by atoms with Crippen LogP contribution in [0, 0.1) is 5.92 Å². The number of carboxylic acid groups (broad SMARTS) is 1. The van der Waals surface area contributed by atoms with Crippen LogP contribution in [0.4, 0.5) is 0 Å². The van der Waals surface area contributed by atoms with Crippen LogP contribution >= 0.6 is 0 Å². The van der Waals surface area contributed by atoms with Gasteiger partial charge in [-0.3, -0.25) is 9.59 Å². The minimum absolute atomic E-state index is 0.194. The fourth-order valence-electron chi connectivity index (χ4n) is 3.06. The van der Waals surface area contributed by atoms with Crippen molar-refractivity contribution in [2.45, 2.75) is 19.4 Å². The molecule has 3 rings (SSSR count). The first-order valence-corrected chi connectivity index (χ1v) is 7.75.